The van der Waals surface area contributed by atoms with Crippen LogP contribution in [0.2, 0.25) is 0 Å². The quantitative estimate of drug-likeness (QED) is 0.838. The lowest BCUT2D eigenvalue weighted by atomic mass is 10.1. The van der Waals surface area contributed by atoms with Crippen molar-refractivity contribution in [3.8, 4) is 0 Å². The molecular formula is C18H28ClN3O3S. The van der Waals surface area contributed by atoms with E-state index < -0.39 is 10.0 Å². The zero-order valence-corrected chi connectivity index (χ0v) is 17.0. The Morgan fingerprint density at radius 1 is 1.23 bits per heavy atom. The summed E-state index contributed by atoms with van der Waals surface area (Å²) in [5, 5.41) is 3.26. The SMILES string of the molecule is Cc1ccc(S(=O)(=O)N2CCCCC2)cc1C(=O)N(C)C1CCNC1.Cl. The second-order valence-electron chi connectivity index (χ2n) is 7.00. The predicted octanol–water partition coefficient (Wildman–Crippen LogP) is 2.03. The number of rotatable bonds is 4. The van der Waals surface area contributed by atoms with Gasteiger partial charge in [-0.15, -0.1) is 12.4 Å². The molecule has 2 saturated heterocycles. The van der Waals surface area contributed by atoms with Crippen molar-refractivity contribution >= 4 is 28.3 Å². The fraction of sp³-hybridized carbons (Fsp3) is 0.611. The molecule has 2 heterocycles. The minimum atomic E-state index is -3.53. The minimum absolute atomic E-state index is 0. The highest BCUT2D eigenvalue weighted by Crippen LogP contribution is 2.24. The standard InChI is InChI=1S/C18H27N3O3S.ClH/c1-14-6-7-16(25(23,24)21-10-4-3-5-11-21)12-17(14)18(22)20(2)15-8-9-19-13-15;/h6-7,12,15,19H,3-5,8-11,13H2,1-2H3;1H. The molecule has 0 saturated carbocycles. The Hall–Kier alpha value is -1.15. The molecule has 2 aliphatic heterocycles. The van der Waals surface area contributed by atoms with E-state index >= 15 is 0 Å². The molecule has 146 valence electrons. The number of aryl methyl sites for hydroxylation is 1. The molecule has 0 radical (unpaired) electrons. The number of nitrogens with zero attached hydrogens (tertiary/aromatic N) is 2. The van der Waals surface area contributed by atoms with Crippen molar-refractivity contribution in [2.45, 2.75) is 43.5 Å². The van der Waals surface area contributed by atoms with Crippen molar-refractivity contribution in [2.75, 3.05) is 33.2 Å². The maximum absolute atomic E-state index is 12.9. The summed E-state index contributed by atoms with van der Waals surface area (Å²) in [5.41, 5.74) is 1.29. The number of carbonyl (C=O) groups excluding carboxylic acids is 1. The molecule has 2 aliphatic rings. The number of sulfonamides is 1. The number of hydrogen-bond donors (Lipinski definition) is 1. The number of benzene rings is 1. The Morgan fingerprint density at radius 2 is 1.92 bits per heavy atom. The van der Waals surface area contributed by atoms with E-state index in [0.29, 0.717) is 18.7 Å². The van der Waals surface area contributed by atoms with Crippen molar-refractivity contribution in [2.24, 2.45) is 0 Å². The second kappa shape index (κ2) is 8.69. The van der Waals surface area contributed by atoms with Crippen molar-refractivity contribution in [1.29, 1.82) is 0 Å². The maximum Gasteiger partial charge on any atom is 0.254 e. The minimum Gasteiger partial charge on any atom is -0.337 e. The van der Waals surface area contributed by atoms with Gasteiger partial charge in [0.25, 0.3) is 5.91 Å². The molecule has 26 heavy (non-hydrogen) atoms. The average Bonchev–Trinajstić information content (AvgIpc) is 3.16. The third-order valence-electron chi connectivity index (χ3n) is 5.29. The number of piperidine rings is 1. The number of halogens is 1. The Labute approximate surface area is 162 Å². The Kier molecular flexibility index (Phi) is 7.07. The van der Waals surface area contributed by atoms with Crippen LogP contribution < -0.4 is 5.32 Å². The molecule has 3 rings (SSSR count). The van der Waals surface area contributed by atoms with Gasteiger partial charge in [0.2, 0.25) is 10.0 Å². The first-order valence-electron chi connectivity index (χ1n) is 9.00. The molecule has 1 amide bonds. The molecule has 6 nitrogen and oxygen atoms in total. The topological polar surface area (TPSA) is 69.7 Å². The summed E-state index contributed by atoms with van der Waals surface area (Å²) < 4.78 is 27.3. The molecule has 1 unspecified atom stereocenters. The van der Waals surface area contributed by atoms with E-state index in [9.17, 15) is 13.2 Å². The lowest BCUT2D eigenvalue weighted by molar-refractivity contribution is 0.0743. The normalized spacial score (nSPS) is 21.2. The van der Waals surface area contributed by atoms with E-state index in [1.165, 1.54) is 0 Å². The molecular weight excluding hydrogens is 374 g/mol. The summed E-state index contributed by atoms with van der Waals surface area (Å²) in [7, 11) is -1.73. The Balaban J connectivity index is 0.00000243. The number of likely N-dealkylation sites (N-methyl/N-ethyl adjacent to an activating group) is 1. The number of nitrogens with one attached hydrogen (secondary N) is 1. The first-order chi connectivity index (χ1) is 11.9. The van der Waals surface area contributed by atoms with Crippen molar-refractivity contribution < 1.29 is 13.2 Å². The van der Waals surface area contributed by atoms with Gasteiger partial charge in [-0.25, -0.2) is 8.42 Å². The molecule has 1 atom stereocenters. The van der Waals surface area contributed by atoms with Crippen LogP contribution in [-0.2, 0) is 10.0 Å². The third kappa shape index (κ3) is 4.22. The van der Waals surface area contributed by atoms with E-state index in [2.05, 4.69) is 5.32 Å². The molecule has 0 aromatic heterocycles. The summed E-state index contributed by atoms with van der Waals surface area (Å²) in [6.07, 6.45) is 3.79. The van der Waals surface area contributed by atoms with Crippen LogP contribution in [0.4, 0.5) is 0 Å². The van der Waals surface area contributed by atoms with E-state index in [0.717, 1.165) is 44.3 Å². The van der Waals surface area contributed by atoms with Gasteiger partial charge in [0.15, 0.2) is 0 Å². The van der Waals surface area contributed by atoms with Crippen LogP contribution in [0.1, 0.15) is 41.6 Å². The summed E-state index contributed by atoms with van der Waals surface area (Å²) >= 11 is 0. The first-order valence-corrected chi connectivity index (χ1v) is 10.4. The van der Waals surface area contributed by atoms with E-state index in [-0.39, 0.29) is 29.3 Å². The van der Waals surface area contributed by atoms with Gasteiger partial charge in [0.1, 0.15) is 0 Å². The monoisotopic (exact) mass is 401 g/mol. The number of hydrogen-bond acceptors (Lipinski definition) is 4. The molecule has 8 heteroatoms. The average molecular weight is 402 g/mol. The van der Waals surface area contributed by atoms with Crippen molar-refractivity contribution in [3.05, 3.63) is 29.3 Å². The summed E-state index contributed by atoms with van der Waals surface area (Å²) in [4.78, 5) is 14.9. The van der Waals surface area contributed by atoms with E-state index in [1.807, 2.05) is 6.92 Å². The second-order valence-corrected chi connectivity index (χ2v) is 8.94. The van der Waals surface area contributed by atoms with Gasteiger partial charge in [-0.1, -0.05) is 12.5 Å². The van der Waals surface area contributed by atoms with Gasteiger partial charge in [-0.05, 0) is 50.4 Å². The van der Waals surface area contributed by atoms with Crippen LogP contribution in [0.5, 0.6) is 0 Å². The van der Waals surface area contributed by atoms with Crippen molar-refractivity contribution in [1.82, 2.24) is 14.5 Å². The molecule has 1 N–H and O–H groups in total. The predicted molar refractivity (Wildman–Crippen MR) is 104 cm³/mol. The molecule has 0 spiro atoms. The zero-order chi connectivity index (χ0) is 18.0. The molecule has 1 aromatic carbocycles. The molecule has 0 aliphatic carbocycles. The third-order valence-corrected chi connectivity index (χ3v) is 7.19. The van der Waals surface area contributed by atoms with Crippen LogP contribution in [0.25, 0.3) is 0 Å². The summed E-state index contributed by atoms with van der Waals surface area (Å²) in [6.45, 7) is 4.67. The van der Waals surface area contributed by atoms with E-state index in [1.54, 1.807) is 34.5 Å². The van der Waals surface area contributed by atoms with E-state index in [4.69, 9.17) is 0 Å². The number of amides is 1. The fourth-order valence-electron chi connectivity index (χ4n) is 3.57. The largest absolute Gasteiger partial charge is 0.337 e. The van der Waals surface area contributed by atoms with Gasteiger partial charge >= 0.3 is 0 Å². The van der Waals surface area contributed by atoms with Gasteiger partial charge in [-0.3, -0.25) is 4.79 Å². The summed E-state index contributed by atoms with van der Waals surface area (Å²) in [6, 6.07) is 5.08. The highest BCUT2D eigenvalue weighted by molar-refractivity contribution is 7.89. The summed E-state index contributed by atoms with van der Waals surface area (Å²) in [5.74, 6) is -0.109. The van der Waals surface area contributed by atoms with Crippen LogP contribution >= 0.6 is 12.4 Å². The highest BCUT2D eigenvalue weighted by Gasteiger charge is 2.29. The van der Waals surface area contributed by atoms with Gasteiger partial charge in [0.05, 0.1) is 4.90 Å². The molecule has 0 bridgehead atoms. The first kappa shape index (κ1) is 21.2. The van der Waals surface area contributed by atoms with Gasteiger partial charge in [-0.2, -0.15) is 4.31 Å². The van der Waals surface area contributed by atoms with Crippen LogP contribution in [0.3, 0.4) is 0 Å². The van der Waals surface area contributed by atoms with Crippen molar-refractivity contribution in [3.63, 3.8) is 0 Å². The van der Waals surface area contributed by atoms with Gasteiger partial charge in [0, 0.05) is 38.3 Å². The molecule has 2 fully saturated rings. The maximum atomic E-state index is 12.9. The lowest BCUT2D eigenvalue weighted by Crippen LogP contribution is -2.39. The van der Waals surface area contributed by atoms with Crippen LogP contribution in [-0.4, -0.2) is 62.8 Å². The lowest BCUT2D eigenvalue weighted by Gasteiger charge is -2.27. The highest BCUT2D eigenvalue weighted by atomic mass is 35.5. The zero-order valence-electron chi connectivity index (χ0n) is 15.4. The van der Waals surface area contributed by atoms with Crippen LogP contribution in [0, 0.1) is 6.92 Å². The Bertz CT molecular complexity index is 742. The number of carbonyl (C=O) groups is 1. The smallest absolute Gasteiger partial charge is 0.254 e. The molecule has 1 aromatic rings. The van der Waals surface area contributed by atoms with Crippen LogP contribution in [0.15, 0.2) is 23.1 Å². The van der Waals surface area contributed by atoms with Gasteiger partial charge < -0.3 is 10.2 Å². The fourth-order valence-corrected chi connectivity index (χ4v) is 5.12. The Morgan fingerprint density at radius 3 is 2.54 bits per heavy atom.